The Morgan fingerprint density at radius 2 is 1.90 bits per heavy atom. The summed E-state index contributed by atoms with van der Waals surface area (Å²) in [5.41, 5.74) is 1.21. The van der Waals surface area contributed by atoms with Crippen LogP contribution < -0.4 is 10.6 Å². The summed E-state index contributed by atoms with van der Waals surface area (Å²) in [5, 5.41) is 8.93. The van der Waals surface area contributed by atoms with Crippen molar-refractivity contribution >= 4 is 40.7 Å². The van der Waals surface area contributed by atoms with Gasteiger partial charge in [0.15, 0.2) is 5.96 Å². The Labute approximate surface area is 143 Å². The first kappa shape index (κ1) is 17.5. The van der Waals surface area contributed by atoms with Gasteiger partial charge in [-0.3, -0.25) is 0 Å². The fourth-order valence-corrected chi connectivity index (χ4v) is 2.02. The van der Waals surface area contributed by atoms with Gasteiger partial charge < -0.3 is 10.6 Å². The summed E-state index contributed by atoms with van der Waals surface area (Å²) >= 11 is 0. The summed E-state index contributed by atoms with van der Waals surface area (Å²) in [5.74, 6) is 0.820. The van der Waals surface area contributed by atoms with Gasteiger partial charge in [-0.2, -0.15) is 0 Å². The van der Waals surface area contributed by atoms with E-state index in [4.69, 9.17) is 0 Å². The molecule has 0 aliphatic carbocycles. The average Bonchev–Trinajstić information content (AvgIpc) is 2.50. The normalized spacial score (nSPS) is 10.8. The number of aliphatic imine (C=N–C) groups is 1. The third kappa shape index (κ3) is 5.38. The van der Waals surface area contributed by atoms with E-state index >= 15 is 0 Å². The van der Waals surface area contributed by atoms with Crippen molar-refractivity contribution in [3.05, 3.63) is 60.7 Å². The van der Waals surface area contributed by atoms with Crippen molar-refractivity contribution < 1.29 is 0 Å². The molecule has 2 rings (SSSR count). The number of halogens is 1. The van der Waals surface area contributed by atoms with Crippen LogP contribution in [0.25, 0.3) is 10.8 Å². The Morgan fingerprint density at radius 3 is 2.62 bits per heavy atom. The zero-order valence-corrected chi connectivity index (χ0v) is 14.6. The van der Waals surface area contributed by atoms with Gasteiger partial charge in [-0.15, -0.1) is 30.6 Å². The molecule has 112 valence electrons. The van der Waals surface area contributed by atoms with Gasteiger partial charge in [-0.25, -0.2) is 4.99 Å². The predicted molar refractivity (Wildman–Crippen MR) is 102 cm³/mol. The predicted octanol–water partition coefficient (Wildman–Crippen LogP) is 3.70. The van der Waals surface area contributed by atoms with Gasteiger partial charge in [0.25, 0.3) is 0 Å². The Morgan fingerprint density at radius 1 is 1.14 bits per heavy atom. The fraction of sp³-hybridized carbons (Fsp3) is 0.235. The molecule has 2 N–H and O–H groups in total. The molecular formula is C17H22IN3. The van der Waals surface area contributed by atoms with E-state index in [0.29, 0.717) is 13.1 Å². The second-order valence-electron chi connectivity index (χ2n) is 4.55. The maximum Gasteiger partial charge on any atom is 0.191 e. The lowest BCUT2D eigenvalue weighted by Gasteiger charge is -2.09. The number of guanidine groups is 1. The molecule has 21 heavy (non-hydrogen) atoms. The third-order valence-corrected chi connectivity index (χ3v) is 2.99. The molecule has 3 nitrogen and oxygen atoms in total. The molecule has 0 fully saturated rings. The lowest BCUT2D eigenvalue weighted by molar-refractivity contribution is 0.860. The van der Waals surface area contributed by atoms with Crippen LogP contribution in [0.3, 0.4) is 0 Å². The highest BCUT2D eigenvalue weighted by atomic mass is 127. The Hall–Kier alpha value is -1.56. The van der Waals surface area contributed by atoms with Gasteiger partial charge in [0.2, 0.25) is 0 Å². The van der Waals surface area contributed by atoms with Crippen molar-refractivity contribution in [1.29, 1.82) is 0 Å². The number of hydrogen-bond donors (Lipinski definition) is 2. The minimum atomic E-state index is 0. The van der Waals surface area contributed by atoms with Crippen LogP contribution in [0.1, 0.15) is 12.5 Å². The quantitative estimate of drug-likeness (QED) is 0.351. The molecule has 0 atom stereocenters. The smallest absolute Gasteiger partial charge is 0.191 e. The summed E-state index contributed by atoms with van der Waals surface area (Å²) in [6.07, 6.45) is 1.82. The summed E-state index contributed by atoms with van der Waals surface area (Å²) in [6.45, 7) is 7.98. The molecular weight excluding hydrogens is 373 g/mol. The number of hydrogen-bond acceptors (Lipinski definition) is 1. The first-order valence-electron chi connectivity index (χ1n) is 6.94. The molecule has 4 heteroatoms. The number of fused-ring (bicyclic) bond motifs is 1. The molecule has 0 unspecified atom stereocenters. The molecule has 0 aliphatic heterocycles. The molecule has 0 bridgehead atoms. The summed E-state index contributed by atoms with van der Waals surface area (Å²) in [4.78, 5) is 4.57. The highest BCUT2D eigenvalue weighted by Crippen LogP contribution is 2.16. The van der Waals surface area contributed by atoms with Crippen LogP contribution in [0.5, 0.6) is 0 Å². The van der Waals surface area contributed by atoms with Crippen LogP contribution in [0.4, 0.5) is 0 Å². The minimum absolute atomic E-state index is 0. The van der Waals surface area contributed by atoms with E-state index in [9.17, 15) is 0 Å². The number of rotatable bonds is 5. The van der Waals surface area contributed by atoms with Crippen LogP contribution in [0.15, 0.2) is 60.1 Å². The lowest BCUT2D eigenvalue weighted by atomic mass is 10.1. The molecule has 0 saturated carbocycles. The lowest BCUT2D eigenvalue weighted by Crippen LogP contribution is -2.37. The molecule has 0 heterocycles. The average molecular weight is 395 g/mol. The Bertz CT molecular complexity index is 608. The first-order chi connectivity index (χ1) is 9.83. The van der Waals surface area contributed by atoms with Crippen molar-refractivity contribution in [3.8, 4) is 0 Å². The van der Waals surface area contributed by atoms with E-state index in [1.54, 1.807) is 0 Å². The highest BCUT2D eigenvalue weighted by molar-refractivity contribution is 14.0. The maximum absolute atomic E-state index is 4.57. The second-order valence-corrected chi connectivity index (χ2v) is 4.55. The summed E-state index contributed by atoms with van der Waals surface area (Å²) in [6, 6.07) is 14.8. The van der Waals surface area contributed by atoms with Gasteiger partial charge in [0.05, 0.1) is 6.54 Å². The van der Waals surface area contributed by atoms with Gasteiger partial charge >= 0.3 is 0 Å². The Balaban J connectivity index is 0.00000220. The van der Waals surface area contributed by atoms with E-state index in [2.05, 4.69) is 71.6 Å². The monoisotopic (exact) mass is 395 g/mol. The van der Waals surface area contributed by atoms with Crippen molar-refractivity contribution in [2.45, 2.75) is 13.5 Å². The van der Waals surface area contributed by atoms with Crippen LogP contribution >= 0.6 is 24.0 Å². The van der Waals surface area contributed by atoms with Gasteiger partial charge in [-0.05, 0) is 29.3 Å². The highest BCUT2D eigenvalue weighted by Gasteiger charge is 1.98. The molecule has 0 amide bonds. The second kappa shape index (κ2) is 9.39. The van der Waals surface area contributed by atoms with Gasteiger partial charge in [0.1, 0.15) is 0 Å². The van der Waals surface area contributed by atoms with Crippen LogP contribution in [-0.4, -0.2) is 19.0 Å². The summed E-state index contributed by atoms with van der Waals surface area (Å²) in [7, 11) is 0. The van der Waals surface area contributed by atoms with E-state index in [-0.39, 0.29) is 24.0 Å². The molecule has 2 aromatic carbocycles. The zero-order valence-electron chi connectivity index (χ0n) is 12.3. The largest absolute Gasteiger partial charge is 0.357 e. The zero-order chi connectivity index (χ0) is 14.2. The van der Waals surface area contributed by atoms with E-state index in [0.717, 1.165) is 12.5 Å². The van der Waals surface area contributed by atoms with Gasteiger partial charge in [0, 0.05) is 13.1 Å². The number of benzene rings is 2. The molecule has 0 radical (unpaired) electrons. The third-order valence-electron chi connectivity index (χ3n) is 2.99. The molecule has 0 spiro atoms. The van der Waals surface area contributed by atoms with Crippen molar-refractivity contribution in [3.63, 3.8) is 0 Å². The first-order valence-corrected chi connectivity index (χ1v) is 6.94. The SMILES string of the molecule is C=CCNC(=NCc1ccc2ccccc2c1)NCC.I. The molecule has 2 aromatic rings. The van der Waals surface area contributed by atoms with Crippen molar-refractivity contribution in [2.24, 2.45) is 4.99 Å². The fourth-order valence-electron chi connectivity index (χ4n) is 2.02. The van der Waals surface area contributed by atoms with E-state index in [1.807, 2.05) is 6.08 Å². The van der Waals surface area contributed by atoms with E-state index < -0.39 is 0 Å². The van der Waals surface area contributed by atoms with Crippen LogP contribution in [0.2, 0.25) is 0 Å². The molecule has 0 aliphatic rings. The standard InChI is InChI=1S/C17H21N3.HI/c1-3-11-19-17(18-4-2)20-13-14-9-10-15-7-5-6-8-16(15)12-14;/h3,5-10,12H,1,4,11,13H2,2H3,(H2,18,19,20);1H. The topological polar surface area (TPSA) is 36.4 Å². The molecule has 0 aromatic heterocycles. The van der Waals surface area contributed by atoms with E-state index in [1.165, 1.54) is 16.3 Å². The maximum atomic E-state index is 4.57. The number of nitrogens with zero attached hydrogens (tertiary/aromatic N) is 1. The Kier molecular flexibility index (Phi) is 7.82. The van der Waals surface area contributed by atoms with Crippen molar-refractivity contribution in [2.75, 3.05) is 13.1 Å². The van der Waals surface area contributed by atoms with Gasteiger partial charge in [-0.1, -0.05) is 42.5 Å². The minimum Gasteiger partial charge on any atom is -0.357 e. The molecule has 0 saturated heterocycles. The van der Waals surface area contributed by atoms with Crippen molar-refractivity contribution in [1.82, 2.24) is 10.6 Å². The summed E-state index contributed by atoms with van der Waals surface area (Å²) < 4.78 is 0. The van der Waals surface area contributed by atoms with Crippen LogP contribution in [-0.2, 0) is 6.54 Å². The number of nitrogens with one attached hydrogen (secondary N) is 2. The van der Waals surface area contributed by atoms with Crippen LogP contribution in [0, 0.1) is 0 Å².